The van der Waals surface area contributed by atoms with Crippen molar-refractivity contribution >= 4 is 46.1 Å². The summed E-state index contributed by atoms with van der Waals surface area (Å²) in [6, 6.07) is 11.1. The lowest BCUT2D eigenvalue weighted by molar-refractivity contribution is -0.153. The third kappa shape index (κ3) is 10.2. The molecule has 2 heterocycles. The van der Waals surface area contributed by atoms with Crippen LogP contribution in [0.5, 0.6) is 0 Å². The van der Waals surface area contributed by atoms with E-state index in [4.69, 9.17) is 19.4 Å². The molecule has 4 N–H and O–H groups in total. The van der Waals surface area contributed by atoms with Crippen molar-refractivity contribution in [1.29, 1.82) is 0 Å². The van der Waals surface area contributed by atoms with Crippen molar-refractivity contribution in [1.82, 2.24) is 40.4 Å². The van der Waals surface area contributed by atoms with Crippen LogP contribution in [0, 0.1) is 33.3 Å². The minimum atomic E-state index is -1.55. The molecule has 0 aliphatic carbocycles. The van der Waals surface area contributed by atoms with Crippen LogP contribution >= 0.6 is 0 Å². The molecule has 5 rings (SSSR count). The van der Waals surface area contributed by atoms with Crippen LogP contribution in [0.4, 0.5) is 18.4 Å². The number of ether oxygens (including phenoxy) is 2. The molecule has 0 radical (unpaired) electrons. The van der Waals surface area contributed by atoms with E-state index in [9.17, 15) is 19.2 Å². The second-order valence-corrected chi connectivity index (χ2v) is 22.2. The maximum Gasteiger partial charge on any atom is 0.410 e. The Hall–Kier alpha value is -6.06. The van der Waals surface area contributed by atoms with Crippen LogP contribution in [-0.4, -0.2) is 93.1 Å². The van der Waals surface area contributed by atoms with Gasteiger partial charge in [-0.05, 0) is 72.2 Å². The molecular weight excluding hydrogens is 847 g/mol. The van der Waals surface area contributed by atoms with E-state index >= 15 is 8.78 Å². The largest absolute Gasteiger partial charge is 0.432 e. The summed E-state index contributed by atoms with van der Waals surface area (Å²) in [5, 5.41) is 6.17. The fourth-order valence-electron chi connectivity index (χ4n) is 7.19. The molecule has 0 fully saturated rings. The average Bonchev–Trinajstić information content (AvgIpc) is 3.80. The predicted molar refractivity (Wildman–Crippen MR) is 253 cm³/mol. The van der Waals surface area contributed by atoms with Gasteiger partial charge in [-0.25, -0.2) is 28.3 Å². The third-order valence-electron chi connectivity index (χ3n) is 12.6. The van der Waals surface area contributed by atoms with Gasteiger partial charge in [-0.1, -0.05) is 95.2 Å². The molecule has 0 saturated carbocycles. The van der Waals surface area contributed by atoms with Crippen molar-refractivity contribution in [3.63, 3.8) is 0 Å². The summed E-state index contributed by atoms with van der Waals surface area (Å²) in [5.74, 6) is -1.46. The first-order chi connectivity index (χ1) is 30.1. The molecule has 2 aromatic heterocycles. The number of carbonyl (C=O) groups is 4. The van der Waals surface area contributed by atoms with E-state index in [2.05, 4.69) is 20.6 Å². The maximum absolute atomic E-state index is 16.2. The highest BCUT2D eigenvalue weighted by molar-refractivity contribution is 5.90. The van der Waals surface area contributed by atoms with E-state index < -0.39 is 80.6 Å². The normalized spacial score (nSPS) is 15.3. The zero-order valence-corrected chi connectivity index (χ0v) is 41.8. The number of hydrogen-bond acceptors (Lipinski definition) is 8. The molecule has 66 heavy (non-hydrogen) atoms. The summed E-state index contributed by atoms with van der Waals surface area (Å²) in [6.07, 6.45) is -1.31. The van der Waals surface area contributed by atoms with E-state index in [1.54, 1.807) is 78.4 Å². The van der Waals surface area contributed by atoms with Crippen molar-refractivity contribution in [2.24, 2.45) is 21.7 Å². The highest BCUT2D eigenvalue weighted by atomic mass is 19.1. The number of nitrogens with one attached hydrogen (secondary N) is 4. The third-order valence-corrected chi connectivity index (χ3v) is 12.6. The number of halogens is 2. The van der Waals surface area contributed by atoms with Gasteiger partial charge in [0.15, 0.2) is 11.2 Å². The number of hydrogen-bond donors (Lipinski definition) is 4. The highest BCUT2D eigenvalue weighted by Crippen LogP contribution is 2.41. The topological polar surface area (TPSA) is 175 Å². The number of amides is 4. The Morgan fingerprint density at radius 3 is 1.14 bits per heavy atom. The molecule has 14 nitrogen and oxygen atoms in total. The Labute approximate surface area is 387 Å². The van der Waals surface area contributed by atoms with E-state index in [0.29, 0.717) is 44.8 Å². The molecule has 16 heteroatoms. The van der Waals surface area contributed by atoms with Crippen LogP contribution in [0.3, 0.4) is 0 Å². The zero-order valence-electron chi connectivity index (χ0n) is 41.8. The van der Waals surface area contributed by atoms with E-state index in [1.807, 2.05) is 83.1 Å². The summed E-state index contributed by atoms with van der Waals surface area (Å²) < 4.78 is 43.9. The van der Waals surface area contributed by atoms with Crippen LogP contribution < -0.4 is 10.6 Å². The second kappa shape index (κ2) is 17.6. The van der Waals surface area contributed by atoms with Gasteiger partial charge in [0.2, 0.25) is 0 Å². The number of benzene rings is 3. The smallest absolute Gasteiger partial charge is 0.410 e. The van der Waals surface area contributed by atoms with E-state index in [-0.39, 0.29) is 11.1 Å². The molecule has 0 bridgehead atoms. The van der Waals surface area contributed by atoms with Crippen LogP contribution in [0.15, 0.2) is 48.5 Å². The van der Waals surface area contributed by atoms with Gasteiger partial charge < -0.3 is 39.9 Å². The lowest BCUT2D eigenvalue weighted by Gasteiger charge is -2.42. The molecule has 0 unspecified atom stereocenters. The lowest BCUT2D eigenvalue weighted by Crippen LogP contribution is -2.58. The summed E-state index contributed by atoms with van der Waals surface area (Å²) in [4.78, 5) is 72.3. The Morgan fingerprint density at radius 1 is 0.545 bits per heavy atom. The number of aromatic amines is 2. The van der Waals surface area contributed by atoms with Gasteiger partial charge in [0, 0.05) is 50.1 Å². The zero-order chi connectivity index (χ0) is 49.9. The fourth-order valence-corrected chi connectivity index (χ4v) is 7.19. The van der Waals surface area contributed by atoms with Gasteiger partial charge in [-0.15, -0.1) is 0 Å². The minimum absolute atomic E-state index is 0.0254. The van der Waals surface area contributed by atoms with Gasteiger partial charge in [0.25, 0.3) is 11.8 Å². The van der Waals surface area contributed by atoms with Gasteiger partial charge in [0.1, 0.15) is 23.3 Å². The number of H-pyrrole nitrogens is 2. The number of imidazole rings is 2. The van der Waals surface area contributed by atoms with E-state index in [0.717, 1.165) is 12.1 Å². The molecule has 358 valence electrons. The van der Waals surface area contributed by atoms with E-state index in [1.165, 1.54) is 9.80 Å². The molecule has 0 aliphatic rings. The summed E-state index contributed by atoms with van der Waals surface area (Å²) in [7, 11) is 6.18. The number of rotatable bonds is 10. The number of fused-ring (bicyclic) bond motifs is 2. The quantitative estimate of drug-likeness (QED) is 0.107. The van der Waals surface area contributed by atoms with Gasteiger partial charge >= 0.3 is 12.2 Å². The number of nitrogens with zero attached hydrogens (tertiary/aromatic N) is 4. The second-order valence-electron chi connectivity index (χ2n) is 22.2. The first kappa shape index (κ1) is 50.9. The average molecular weight is 915 g/mol. The highest BCUT2D eigenvalue weighted by Gasteiger charge is 2.51. The summed E-state index contributed by atoms with van der Waals surface area (Å²) >= 11 is 0. The molecule has 3 aromatic carbocycles. The SMILES string of the molecule is CN(C)C(=O)O[C@@](C)(C(=O)N[C@H](c1nc2cc(-c3cc(F)c(-c4ccc5[nH]c([C@@H](NC(=O)[C@](C)(OC(=O)N(C)C)C(C)(C)C)C(C)(C)C)nc5c4)cc3F)ccc2[nH]1)C(C)(C)C)C(C)(C)C. The van der Waals surface area contributed by atoms with Gasteiger partial charge in [-0.3, -0.25) is 9.59 Å². The van der Waals surface area contributed by atoms with Gasteiger partial charge in [-0.2, -0.15) is 0 Å². The van der Waals surface area contributed by atoms with Crippen molar-refractivity contribution in [2.75, 3.05) is 28.2 Å². The monoisotopic (exact) mass is 915 g/mol. The van der Waals surface area contributed by atoms with Crippen LogP contribution in [0.2, 0.25) is 0 Å². The maximum atomic E-state index is 16.2. The molecule has 5 aromatic rings. The molecular formula is C50H68F2N8O6. The number of aromatic nitrogens is 4. The number of carbonyl (C=O) groups excluding carboxylic acids is 4. The standard InChI is InChI=1S/C50H68F2N8O6/c1-45(2,3)37(57-41(61)49(13,47(7,8)9)65-43(63)59(15)16)39-53-33-21-19-27(23-35(33)55-39)29-25-32(52)30(26-31(29)51)28-20-22-34-36(24-28)56-40(54-34)38(46(4,5)6)58-42(62)50(14,48(10,11)12)66-44(64)60(17)18/h19-26,37-38H,1-18H3,(H,53,55)(H,54,56)(H,57,61)(H,58,62)/t37-,38-,49+,50+/m1/s1. The van der Waals surface area contributed by atoms with Crippen LogP contribution in [-0.2, 0) is 19.1 Å². The van der Waals surface area contributed by atoms with Crippen LogP contribution in [0.25, 0.3) is 44.3 Å². The van der Waals surface area contributed by atoms with Gasteiger partial charge in [0.05, 0.1) is 34.2 Å². The summed E-state index contributed by atoms with van der Waals surface area (Å²) in [6.45, 7) is 25.8. The van der Waals surface area contributed by atoms with Crippen molar-refractivity contribution in [2.45, 2.75) is 120 Å². The molecule has 0 aliphatic heterocycles. The first-order valence-corrected chi connectivity index (χ1v) is 22.0. The summed E-state index contributed by atoms with van der Waals surface area (Å²) in [5.41, 5.74) is -2.80. The molecule has 4 atom stereocenters. The van der Waals surface area contributed by atoms with Crippen molar-refractivity contribution < 1.29 is 37.4 Å². The van der Waals surface area contributed by atoms with Crippen LogP contribution in [0.1, 0.15) is 121 Å². The fraction of sp³-hybridized carbons (Fsp3) is 0.520. The lowest BCUT2D eigenvalue weighted by atomic mass is 9.76. The molecule has 0 saturated heterocycles. The molecule has 4 amide bonds. The predicted octanol–water partition coefficient (Wildman–Crippen LogP) is 10.5. The first-order valence-electron chi connectivity index (χ1n) is 22.0. The van der Waals surface area contributed by atoms with Crippen molar-refractivity contribution in [3.8, 4) is 22.3 Å². The Balaban J connectivity index is 1.45. The Kier molecular flexibility index (Phi) is 13.6. The Bertz CT molecular complexity index is 2480. The van der Waals surface area contributed by atoms with Crippen molar-refractivity contribution in [3.05, 3.63) is 71.8 Å². The minimum Gasteiger partial charge on any atom is -0.432 e. The Morgan fingerprint density at radius 2 is 0.864 bits per heavy atom. The molecule has 0 spiro atoms.